The molecule has 3 rings (SSSR count). The summed E-state index contributed by atoms with van der Waals surface area (Å²) in [5.74, 6) is 0.848. The number of likely N-dealkylation sites (tertiary alicyclic amines) is 1. The van der Waals surface area contributed by atoms with Crippen molar-refractivity contribution in [2.75, 3.05) is 13.1 Å². The van der Waals surface area contributed by atoms with E-state index in [4.69, 9.17) is 4.52 Å². The predicted octanol–water partition coefficient (Wildman–Crippen LogP) is 1.27. The molecule has 2 aromatic rings. The van der Waals surface area contributed by atoms with Crippen molar-refractivity contribution in [1.82, 2.24) is 19.6 Å². The van der Waals surface area contributed by atoms with Crippen molar-refractivity contribution >= 4 is 5.91 Å². The van der Waals surface area contributed by atoms with Gasteiger partial charge in [-0.1, -0.05) is 5.16 Å². The summed E-state index contributed by atoms with van der Waals surface area (Å²) in [6.07, 6.45) is 4.60. The molecule has 2 aromatic heterocycles. The van der Waals surface area contributed by atoms with Crippen LogP contribution in [0.4, 0.5) is 0 Å². The van der Waals surface area contributed by atoms with E-state index in [2.05, 4.69) is 10.1 Å². The molecule has 1 aliphatic heterocycles. The zero-order valence-electron chi connectivity index (χ0n) is 12.4. The Morgan fingerprint density at radius 3 is 2.77 bits per heavy atom. The molecule has 7 heteroatoms. The van der Waals surface area contributed by atoms with Gasteiger partial charge in [-0.25, -0.2) is 0 Å². The summed E-state index contributed by atoms with van der Waals surface area (Å²) in [4.78, 5) is 30.2. The molecule has 1 aliphatic rings. The predicted molar refractivity (Wildman–Crippen MR) is 78.6 cm³/mol. The zero-order chi connectivity index (χ0) is 15.5. The number of aryl methyl sites for hydroxylation is 1. The van der Waals surface area contributed by atoms with Crippen LogP contribution in [0.25, 0.3) is 0 Å². The Balaban J connectivity index is 1.67. The molecule has 0 N–H and O–H groups in total. The highest BCUT2D eigenvalue weighted by Gasteiger charge is 2.26. The highest BCUT2D eigenvalue weighted by molar-refractivity contribution is 5.94. The van der Waals surface area contributed by atoms with Crippen molar-refractivity contribution in [2.24, 2.45) is 0 Å². The summed E-state index contributed by atoms with van der Waals surface area (Å²) in [7, 11) is 0. The van der Waals surface area contributed by atoms with Gasteiger partial charge in [0, 0.05) is 43.4 Å². The maximum absolute atomic E-state index is 12.5. The largest absolute Gasteiger partial charge is 0.343 e. The molecule has 0 spiro atoms. The third-order valence-electron chi connectivity index (χ3n) is 4.11. The maximum Gasteiger partial charge on any atom is 0.254 e. The first-order chi connectivity index (χ1) is 10.7. The van der Waals surface area contributed by atoms with Gasteiger partial charge in [-0.15, -0.1) is 0 Å². The second-order valence-corrected chi connectivity index (χ2v) is 5.40. The van der Waals surface area contributed by atoms with Crippen molar-refractivity contribution in [1.29, 1.82) is 0 Å². The molecule has 1 amide bonds. The molecule has 0 atom stereocenters. The number of nitrogens with zero attached hydrogens (tertiary/aromatic N) is 4. The molecule has 0 saturated carbocycles. The van der Waals surface area contributed by atoms with Crippen molar-refractivity contribution in [3.8, 4) is 0 Å². The highest BCUT2D eigenvalue weighted by Crippen LogP contribution is 2.25. The van der Waals surface area contributed by atoms with Crippen molar-refractivity contribution in [3.63, 3.8) is 0 Å². The summed E-state index contributed by atoms with van der Waals surface area (Å²) in [6.45, 7) is 3.76. The molecule has 0 bridgehead atoms. The minimum absolute atomic E-state index is 0.0908. The average Bonchev–Trinajstić information content (AvgIpc) is 3.09. The number of hydrogen-bond acceptors (Lipinski definition) is 5. The lowest BCUT2D eigenvalue weighted by molar-refractivity contribution is 0.0710. The van der Waals surface area contributed by atoms with Gasteiger partial charge in [0.1, 0.15) is 0 Å². The molecule has 1 saturated heterocycles. The Labute approximate surface area is 127 Å². The number of pyridine rings is 1. The number of rotatable bonds is 3. The van der Waals surface area contributed by atoms with Crippen LogP contribution in [0.5, 0.6) is 0 Å². The van der Waals surface area contributed by atoms with Gasteiger partial charge in [0.05, 0.1) is 0 Å². The number of carbonyl (C=O) groups excluding carboxylic acids is 1. The summed E-state index contributed by atoms with van der Waals surface area (Å²) in [5, 5.41) is 3.87. The van der Waals surface area contributed by atoms with E-state index in [9.17, 15) is 9.59 Å². The molecule has 22 heavy (non-hydrogen) atoms. The van der Waals surface area contributed by atoms with Crippen LogP contribution < -0.4 is 5.56 Å². The second-order valence-electron chi connectivity index (χ2n) is 5.40. The first-order valence-corrected chi connectivity index (χ1v) is 7.45. The normalized spacial score (nSPS) is 16.0. The van der Waals surface area contributed by atoms with Crippen LogP contribution in [0.1, 0.15) is 41.9 Å². The molecule has 116 valence electrons. The Kier molecular flexibility index (Phi) is 4.04. The van der Waals surface area contributed by atoms with Crippen LogP contribution in [-0.4, -0.2) is 38.6 Å². The fourth-order valence-corrected chi connectivity index (χ4v) is 2.78. The molecule has 0 aliphatic carbocycles. The highest BCUT2D eigenvalue weighted by atomic mass is 16.5. The SMILES string of the molecule is CCn1ccc(C(=O)N2CCC(c3ncon3)CC2)cc1=O. The summed E-state index contributed by atoms with van der Waals surface area (Å²) >= 11 is 0. The van der Waals surface area contributed by atoms with E-state index in [-0.39, 0.29) is 17.4 Å². The maximum atomic E-state index is 12.5. The summed E-state index contributed by atoms with van der Waals surface area (Å²) in [6, 6.07) is 3.12. The van der Waals surface area contributed by atoms with Gasteiger partial charge in [0.2, 0.25) is 6.39 Å². The fourth-order valence-electron chi connectivity index (χ4n) is 2.78. The molecular formula is C15H18N4O3. The molecule has 0 aromatic carbocycles. The van der Waals surface area contributed by atoms with Gasteiger partial charge in [-0.05, 0) is 25.8 Å². The van der Waals surface area contributed by atoms with Gasteiger partial charge in [-0.2, -0.15) is 4.98 Å². The average molecular weight is 302 g/mol. The first-order valence-electron chi connectivity index (χ1n) is 7.45. The first kappa shape index (κ1) is 14.5. The van der Waals surface area contributed by atoms with E-state index in [0.29, 0.717) is 31.0 Å². The lowest BCUT2D eigenvalue weighted by atomic mass is 9.96. The smallest absolute Gasteiger partial charge is 0.254 e. The molecule has 0 radical (unpaired) electrons. The van der Waals surface area contributed by atoms with Crippen molar-refractivity contribution in [2.45, 2.75) is 32.2 Å². The number of amides is 1. The van der Waals surface area contributed by atoms with Crippen LogP contribution in [-0.2, 0) is 6.54 Å². The van der Waals surface area contributed by atoms with Gasteiger partial charge in [-0.3, -0.25) is 9.59 Å². The summed E-state index contributed by atoms with van der Waals surface area (Å²) in [5.41, 5.74) is 0.308. The van der Waals surface area contributed by atoms with Crippen molar-refractivity contribution < 1.29 is 9.32 Å². The lowest BCUT2D eigenvalue weighted by Gasteiger charge is -2.30. The van der Waals surface area contributed by atoms with Crippen LogP contribution in [0.2, 0.25) is 0 Å². The van der Waals surface area contributed by atoms with E-state index in [1.807, 2.05) is 6.92 Å². The van der Waals surface area contributed by atoms with Gasteiger partial charge in [0.15, 0.2) is 5.82 Å². The number of hydrogen-bond donors (Lipinski definition) is 0. The molecular weight excluding hydrogens is 284 g/mol. The molecule has 3 heterocycles. The van der Waals surface area contributed by atoms with Crippen molar-refractivity contribution in [3.05, 3.63) is 46.5 Å². The minimum atomic E-state index is -0.143. The number of aromatic nitrogens is 3. The van der Waals surface area contributed by atoms with Crippen LogP contribution >= 0.6 is 0 Å². The third-order valence-corrected chi connectivity index (χ3v) is 4.11. The lowest BCUT2D eigenvalue weighted by Crippen LogP contribution is -2.38. The van der Waals surface area contributed by atoms with Gasteiger partial charge >= 0.3 is 0 Å². The van der Waals surface area contributed by atoms with Gasteiger partial charge < -0.3 is 14.0 Å². The van der Waals surface area contributed by atoms with Crippen LogP contribution in [0.15, 0.2) is 34.0 Å². The topological polar surface area (TPSA) is 81.2 Å². The Hall–Kier alpha value is -2.44. The van der Waals surface area contributed by atoms with Crippen LogP contribution in [0.3, 0.4) is 0 Å². The van der Waals surface area contributed by atoms with Crippen LogP contribution in [0, 0.1) is 0 Å². The molecule has 7 nitrogen and oxygen atoms in total. The number of piperidine rings is 1. The standard InChI is InChI=1S/C15H18N4O3/c1-2-18-6-5-12(9-13(18)20)15(21)19-7-3-11(4-8-19)14-16-10-22-17-14/h5-6,9-11H,2-4,7-8H2,1H3. The third kappa shape index (κ3) is 2.79. The Morgan fingerprint density at radius 1 is 1.41 bits per heavy atom. The minimum Gasteiger partial charge on any atom is -0.343 e. The molecule has 1 fully saturated rings. The van der Waals surface area contributed by atoms with E-state index >= 15 is 0 Å². The zero-order valence-corrected chi connectivity index (χ0v) is 12.4. The van der Waals surface area contributed by atoms with E-state index in [1.54, 1.807) is 21.7 Å². The fraction of sp³-hybridized carbons (Fsp3) is 0.467. The Bertz CT molecular complexity index is 700. The van der Waals surface area contributed by atoms with E-state index < -0.39 is 0 Å². The van der Waals surface area contributed by atoms with Gasteiger partial charge in [0.25, 0.3) is 11.5 Å². The monoisotopic (exact) mass is 302 g/mol. The van der Waals surface area contributed by atoms with E-state index in [0.717, 1.165) is 12.8 Å². The Morgan fingerprint density at radius 2 is 2.18 bits per heavy atom. The summed E-state index contributed by atoms with van der Waals surface area (Å²) < 4.78 is 6.34. The molecule has 0 unspecified atom stereocenters. The van der Waals surface area contributed by atoms with E-state index in [1.165, 1.54) is 12.5 Å². The number of carbonyl (C=O) groups is 1. The second kappa shape index (κ2) is 6.13. The quantitative estimate of drug-likeness (QED) is 0.853.